The van der Waals surface area contributed by atoms with Gasteiger partial charge in [-0.3, -0.25) is 9.69 Å². The summed E-state index contributed by atoms with van der Waals surface area (Å²) in [4.78, 5) is 28.6. The van der Waals surface area contributed by atoms with Crippen molar-refractivity contribution in [3.05, 3.63) is 33.8 Å². The molecule has 0 saturated carbocycles. The van der Waals surface area contributed by atoms with Gasteiger partial charge in [0.1, 0.15) is 5.72 Å². The lowest BCUT2D eigenvalue weighted by atomic mass is 9.96. The highest BCUT2D eigenvalue weighted by Gasteiger charge is 2.54. The van der Waals surface area contributed by atoms with Crippen LogP contribution < -0.4 is 0 Å². The van der Waals surface area contributed by atoms with Crippen LogP contribution in [0.2, 0.25) is 10.0 Å². The summed E-state index contributed by atoms with van der Waals surface area (Å²) >= 11 is 12.1. The summed E-state index contributed by atoms with van der Waals surface area (Å²) in [5, 5.41) is 10.2. The second-order valence-electron chi connectivity index (χ2n) is 6.75. The number of benzene rings is 1. The molecule has 1 aromatic rings. The van der Waals surface area contributed by atoms with Gasteiger partial charge in [0.25, 0.3) is 5.91 Å². The molecule has 0 radical (unpaired) electrons. The first-order valence-corrected chi connectivity index (χ1v) is 9.51. The molecule has 2 aliphatic heterocycles. The number of likely N-dealkylation sites (tertiary alicyclic amines) is 1. The molecule has 2 heterocycles. The largest absolute Gasteiger partial charge is 0.480 e. The van der Waals surface area contributed by atoms with Crippen LogP contribution in [0.15, 0.2) is 18.2 Å². The van der Waals surface area contributed by atoms with Crippen LogP contribution >= 0.6 is 23.2 Å². The van der Waals surface area contributed by atoms with Gasteiger partial charge in [-0.05, 0) is 31.2 Å². The fraction of sp³-hybridized carbons (Fsp3) is 0.556. The number of hydrogen-bond acceptors (Lipinski definition) is 4. The SMILES string of the molecule is CCCN1CCC2(CC1)OC[C@H](C(=O)O)N2C(=O)c1ccc(Cl)cc1Cl. The Morgan fingerprint density at radius 3 is 2.58 bits per heavy atom. The number of rotatable bonds is 4. The molecule has 0 aromatic heterocycles. The number of piperidine rings is 1. The Morgan fingerprint density at radius 2 is 2.00 bits per heavy atom. The first kappa shape index (κ1) is 19.4. The van der Waals surface area contributed by atoms with Crippen LogP contribution in [-0.4, -0.2) is 64.8 Å². The molecular weight excluding hydrogens is 379 g/mol. The van der Waals surface area contributed by atoms with Crippen LogP contribution in [0.3, 0.4) is 0 Å². The number of aliphatic carboxylic acids is 1. The van der Waals surface area contributed by atoms with E-state index in [1.165, 1.54) is 17.0 Å². The van der Waals surface area contributed by atoms with E-state index in [0.717, 1.165) is 26.1 Å². The Labute approximate surface area is 162 Å². The lowest BCUT2D eigenvalue weighted by molar-refractivity contribution is -0.143. The molecule has 2 fully saturated rings. The molecule has 0 unspecified atom stereocenters. The first-order chi connectivity index (χ1) is 12.4. The second kappa shape index (κ2) is 7.72. The molecule has 6 nitrogen and oxygen atoms in total. The topological polar surface area (TPSA) is 70.1 Å². The molecule has 1 aromatic carbocycles. The summed E-state index contributed by atoms with van der Waals surface area (Å²) in [6.07, 6.45) is 2.20. The van der Waals surface area contributed by atoms with E-state index in [1.54, 1.807) is 6.07 Å². The average Bonchev–Trinajstić information content (AvgIpc) is 2.96. The number of carboxylic acid groups (broad SMARTS) is 1. The maximum atomic E-state index is 13.2. The van der Waals surface area contributed by atoms with Crippen molar-refractivity contribution in [1.29, 1.82) is 0 Å². The lowest BCUT2D eigenvalue weighted by Crippen LogP contribution is -2.58. The van der Waals surface area contributed by atoms with Crippen LogP contribution in [0, 0.1) is 0 Å². The van der Waals surface area contributed by atoms with Gasteiger partial charge < -0.3 is 14.7 Å². The van der Waals surface area contributed by atoms with Crippen molar-refractivity contribution in [2.45, 2.75) is 38.0 Å². The minimum atomic E-state index is -1.07. The minimum Gasteiger partial charge on any atom is -0.480 e. The zero-order chi connectivity index (χ0) is 18.9. The van der Waals surface area contributed by atoms with Crippen molar-refractivity contribution in [2.75, 3.05) is 26.2 Å². The van der Waals surface area contributed by atoms with Gasteiger partial charge in [-0.1, -0.05) is 30.1 Å². The van der Waals surface area contributed by atoms with Crippen LogP contribution in [0.4, 0.5) is 0 Å². The number of carboxylic acids is 1. The monoisotopic (exact) mass is 400 g/mol. The van der Waals surface area contributed by atoms with Crippen molar-refractivity contribution in [3.63, 3.8) is 0 Å². The maximum Gasteiger partial charge on any atom is 0.328 e. The zero-order valence-corrected chi connectivity index (χ0v) is 16.1. The van der Waals surface area contributed by atoms with Crippen molar-refractivity contribution in [1.82, 2.24) is 9.80 Å². The quantitative estimate of drug-likeness (QED) is 0.840. The molecule has 8 heteroatoms. The van der Waals surface area contributed by atoms with E-state index >= 15 is 0 Å². The van der Waals surface area contributed by atoms with Crippen molar-refractivity contribution in [2.24, 2.45) is 0 Å². The summed E-state index contributed by atoms with van der Waals surface area (Å²) in [5.74, 6) is -1.50. The smallest absolute Gasteiger partial charge is 0.328 e. The highest BCUT2D eigenvalue weighted by Crippen LogP contribution is 2.39. The zero-order valence-electron chi connectivity index (χ0n) is 14.6. The standard InChI is InChI=1S/C18H22Cl2N2O4/c1-2-7-21-8-5-18(6-9-21)22(15(11-26-18)17(24)25)16(23)13-4-3-12(19)10-14(13)20/h3-4,10,15H,2,5-9,11H2,1H3,(H,24,25)/t15-/m1/s1. The number of carbonyl (C=O) groups is 2. The summed E-state index contributed by atoms with van der Waals surface area (Å²) in [5.41, 5.74) is -0.656. The molecule has 1 atom stereocenters. The number of ether oxygens (including phenoxy) is 1. The highest BCUT2D eigenvalue weighted by atomic mass is 35.5. The molecule has 2 aliphatic rings. The van der Waals surface area contributed by atoms with Gasteiger partial charge in [0.15, 0.2) is 6.04 Å². The summed E-state index contributed by atoms with van der Waals surface area (Å²) in [6, 6.07) is 3.57. The van der Waals surface area contributed by atoms with E-state index < -0.39 is 23.6 Å². The fourth-order valence-electron chi connectivity index (χ4n) is 3.79. The number of amides is 1. The van der Waals surface area contributed by atoms with Gasteiger partial charge in [-0.15, -0.1) is 0 Å². The lowest BCUT2D eigenvalue weighted by Gasteiger charge is -2.44. The molecule has 0 bridgehead atoms. The number of nitrogens with zero attached hydrogens (tertiary/aromatic N) is 2. The molecule has 2 saturated heterocycles. The van der Waals surface area contributed by atoms with Crippen molar-refractivity contribution < 1.29 is 19.4 Å². The van der Waals surface area contributed by atoms with Crippen LogP contribution in [0.5, 0.6) is 0 Å². The molecule has 26 heavy (non-hydrogen) atoms. The van der Waals surface area contributed by atoms with E-state index in [9.17, 15) is 14.7 Å². The van der Waals surface area contributed by atoms with E-state index in [4.69, 9.17) is 27.9 Å². The van der Waals surface area contributed by atoms with Gasteiger partial charge in [0.05, 0.1) is 17.2 Å². The molecule has 1 N–H and O–H groups in total. The Bertz CT molecular complexity index is 704. The van der Waals surface area contributed by atoms with Crippen molar-refractivity contribution in [3.8, 4) is 0 Å². The summed E-state index contributed by atoms with van der Waals surface area (Å²) < 4.78 is 5.93. The fourth-order valence-corrected chi connectivity index (χ4v) is 4.28. The molecule has 3 rings (SSSR count). The predicted octanol–water partition coefficient (Wildman–Crippen LogP) is 3.12. The Morgan fingerprint density at radius 1 is 1.31 bits per heavy atom. The Hall–Kier alpha value is -1.34. The molecule has 1 spiro atoms. The van der Waals surface area contributed by atoms with E-state index in [-0.39, 0.29) is 17.2 Å². The minimum absolute atomic E-state index is 0.0138. The van der Waals surface area contributed by atoms with E-state index in [0.29, 0.717) is 17.9 Å². The van der Waals surface area contributed by atoms with E-state index in [2.05, 4.69) is 11.8 Å². The third-order valence-electron chi connectivity index (χ3n) is 5.10. The highest BCUT2D eigenvalue weighted by molar-refractivity contribution is 6.36. The number of hydrogen-bond donors (Lipinski definition) is 1. The molecule has 142 valence electrons. The van der Waals surface area contributed by atoms with Gasteiger partial charge >= 0.3 is 5.97 Å². The molecule has 1 amide bonds. The van der Waals surface area contributed by atoms with Gasteiger partial charge in [-0.25, -0.2) is 4.79 Å². The Balaban J connectivity index is 1.91. The number of halogens is 2. The average molecular weight is 401 g/mol. The Kier molecular flexibility index (Phi) is 5.77. The maximum absolute atomic E-state index is 13.2. The van der Waals surface area contributed by atoms with Crippen LogP contribution in [-0.2, 0) is 9.53 Å². The summed E-state index contributed by atoms with van der Waals surface area (Å²) in [6.45, 7) is 4.61. The van der Waals surface area contributed by atoms with Gasteiger partial charge in [-0.2, -0.15) is 0 Å². The van der Waals surface area contributed by atoms with Crippen LogP contribution in [0.1, 0.15) is 36.5 Å². The third-order valence-corrected chi connectivity index (χ3v) is 5.65. The predicted molar refractivity (Wildman–Crippen MR) is 98.7 cm³/mol. The van der Waals surface area contributed by atoms with Crippen molar-refractivity contribution >= 4 is 35.1 Å². The molecular formula is C18H22Cl2N2O4. The second-order valence-corrected chi connectivity index (χ2v) is 7.60. The van der Waals surface area contributed by atoms with E-state index in [1.807, 2.05) is 0 Å². The van der Waals surface area contributed by atoms with Crippen LogP contribution in [0.25, 0.3) is 0 Å². The number of carbonyl (C=O) groups excluding carboxylic acids is 1. The normalized spacial score (nSPS) is 22.7. The van der Waals surface area contributed by atoms with Gasteiger partial charge in [0.2, 0.25) is 0 Å². The molecule has 0 aliphatic carbocycles. The van der Waals surface area contributed by atoms with Gasteiger partial charge in [0, 0.05) is 31.0 Å². The first-order valence-electron chi connectivity index (χ1n) is 8.76. The summed E-state index contributed by atoms with van der Waals surface area (Å²) in [7, 11) is 0. The third kappa shape index (κ3) is 3.56.